The molecule has 0 fully saturated rings. The molecule has 4 aromatic rings. The van der Waals surface area contributed by atoms with Crippen LogP contribution in [0.3, 0.4) is 0 Å². The first-order chi connectivity index (χ1) is 15.8. The van der Waals surface area contributed by atoms with Crippen molar-refractivity contribution in [1.29, 1.82) is 0 Å². The molecule has 1 amide bonds. The van der Waals surface area contributed by atoms with E-state index >= 15 is 0 Å². The van der Waals surface area contributed by atoms with E-state index in [0.717, 1.165) is 27.3 Å². The number of nitrogens with zero attached hydrogens (tertiary/aromatic N) is 1. The molecule has 0 aliphatic heterocycles. The van der Waals surface area contributed by atoms with Crippen molar-refractivity contribution < 1.29 is 14.7 Å². The summed E-state index contributed by atoms with van der Waals surface area (Å²) in [4.78, 5) is 29.6. The number of hydrogen-bond donors (Lipinski definition) is 2. The van der Waals surface area contributed by atoms with Gasteiger partial charge in [0.25, 0.3) is 5.91 Å². The number of amides is 1. The topological polar surface area (TPSA) is 79.3 Å². The van der Waals surface area contributed by atoms with Gasteiger partial charge in [-0.2, -0.15) is 0 Å². The quantitative estimate of drug-likeness (QED) is 0.338. The first-order valence-corrected chi connectivity index (χ1v) is 11.5. The number of carboxylic acids is 1. The number of aromatic nitrogens is 1. The van der Waals surface area contributed by atoms with E-state index < -0.39 is 5.97 Å². The summed E-state index contributed by atoms with van der Waals surface area (Å²) in [6.45, 7) is 3.90. The minimum atomic E-state index is -0.961. The van der Waals surface area contributed by atoms with Crippen molar-refractivity contribution in [3.05, 3.63) is 99.0 Å². The number of thiazole rings is 1. The fourth-order valence-electron chi connectivity index (χ4n) is 3.55. The summed E-state index contributed by atoms with van der Waals surface area (Å²) in [5.74, 6) is -1.16. The van der Waals surface area contributed by atoms with Gasteiger partial charge in [0.05, 0.1) is 11.3 Å². The molecule has 2 N–H and O–H groups in total. The second kappa shape index (κ2) is 9.57. The van der Waals surface area contributed by atoms with Crippen LogP contribution in [-0.4, -0.2) is 22.0 Å². The summed E-state index contributed by atoms with van der Waals surface area (Å²) in [7, 11) is 0. The fraction of sp³-hybridized carbons (Fsp3) is 0.115. The maximum Gasteiger partial charge on any atom is 0.335 e. The summed E-state index contributed by atoms with van der Waals surface area (Å²) in [6.07, 6.45) is 0. The second-order valence-electron chi connectivity index (χ2n) is 7.62. The summed E-state index contributed by atoms with van der Waals surface area (Å²) >= 11 is 7.30. The number of benzene rings is 3. The Kier molecular flexibility index (Phi) is 6.58. The van der Waals surface area contributed by atoms with Gasteiger partial charge in [0.2, 0.25) is 0 Å². The molecule has 5 nitrogen and oxygen atoms in total. The number of aromatic carboxylic acids is 1. The lowest BCUT2D eigenvalue weighted by molar-refractivity contribution is 0.0696. The molecule has 0 bridgehead atoms. The molecule has 166 valence electrons. The Morgan fingerprint density at radius 1 is 1.00 bits per heavy atom. The monoisotopic (exact) mass is 476 g/mol. The highest BCUT2D eigenvalue weighted by Crippen LogP contribution is 2.29. The summed E-state index contributed by atoms with van der Waals surface area (Å²) < 4.78 is 0. The van der Waals surface area contributed by atoms with Crippen molar-refractivity contribution in [3.8, 4) is 21.7 Å². The molecule has 0 aliphatic carbocycles. The number of carbonyl (C=O) groups excluding carboxylic acids is 1. The molecule has 0 aliphatic rings. The standard InChI is InChI=1S/C26H21ClN2O3S/c1-15-7-8-18(13-22(15)26(31)32)21-6-4-3-5-19(21)14-28-24(30)23-16(2)29-25(33-23)17-9-11-20(27)12-10-17/h3-13H,14H2,1-2H3,(H,28,30)(H,31,32). The van der Waals surface area contributed by atoms with Crippen LogP contribution in [0.4, 0.5) is 0 Å². The molecule has 0 saturated heterocycles. The Morgan fingerprint density at radius 3 is 2.42 bits per heavy atom. The van der Waals surface area contributed by atoms with Crippen LogP contribution in [0.15, 0.2) is 66.7 Å². The van der Waals surface area contributed by atoms with Crippen LogP contribution >= 0.6 is 22.9 Å². The third-order valence-corrected chi connectivity index (χ3v) is 6.79. The van der Waals surface area contributed by atoms with E-state index in [1.54, 1.807) is 31.2 Å². The molecule has 0 spiro atoms. The smallest absolute Gasteiger partial charge is 0.335 e. The molecular weight excluding hydrogens is 456 g/mol. The van der Waals surface area contributed by atoms with Crippen molar-refractivity contribution in [1.82, 2.24) is 10.3 Å². The first kappa shape index (κ1) is 22.7. The summed E-state index contributed by atoms with van der Waals surface area (Å²) in [5.41, 5.74) is 5.11. The van der Waals surface area contributed by atoms with Crippen molar-refractivity contribution in [2.75, 3.05) is 0 Å². The van der Waals surface area contributed by atoms with Gasteiger partial charge >= 0.3 is 5.97 Å². The Bertz CT molecular complexity index is 1350. The molecule has 3 aromatic carbocycles. The molecule has 4 rings (SSSR count). The van der Waals surface area contributed by atoms with E-state index in [9.17, 15) is 14.7 Å². The average Bonchev–Trinajstić information content (AvgIpc) is 3.20. The Hall–Kier alpha value is -3.48. The SMILES string of the molecule is Cc1ccc(-c2ccccc2CNC(=O)c2sc(-c3ccc(Cl)cc3)nc2C)cc1C(=O)O. The molecule has 0 atom stereocenters. The normalized spacial score (nSPS) is 10.8. The average molecular weight is 477 g/mol. The number of halogens is 1. The van der Waals surface area contributed by atoms with E-state index in [1.165, 1.54) is 11.3 Å². The van der Waals surface area contributed by atoms with Crippen LogP contribution in [0, 0.1) is 13.8 Å². The number of nitrogens with one attached hydrogen (secondary N) is 1. The van der Waals surface area contributed by atoms with Crippen molar-refractivity contribution in [3.63, 3.8) is 0 Å². The highest BCUT2D eigenvalue weighted by Gasteiger charge is 2.17. The summed E-state index contributed by atoms with van der Waals surface area (Å²) in [6, 6.07) is 20.4. The first-order valence-electron chi connectivity index (χ1n) is 10.3. The molecule has 1 heterocycles. The van der Waals surface area contributed by atoms with Gasteiger partial charge in [-0.3, -0.25) is 4.79 Å². The molecule has 0 radical (unpaired) electrons. The number of carbonyl (C=O) groups is 2. The van der Waals surface area contributed by atoms with Crippen molar-refractivity contribution in [2.45, 2.75) is 20.4 Å². The van der Waals surface area contributed by atoms with E-state index in [0.29, 0.717) is 27.7 Å². The third kappa shape index (κ3) is 4.97. The van der Waals surface area contributed by atoms with E-state index in [4.69, 9.17) is 11.6 Å². The van der Waals surface area contributed by atoms with Gasteiger partial charge in [0, 0.05) is 17.1 Å². The van der Waals surface area contributed by atoms with Crippen LogP contribution in [-0.2, 0) is 6.54 Å². The minimum absolute atomic E-state index is 0.199. The second-order valence-corrected chi connectivity index (χ2v) is 9.05. The highest BCUT2D eigenvalue weighted by atomic mass is 35.5. The number of carboxylic acid groups (broad SMARTS) is 1. The maximum atomic E-state index is 12.9. The highest BCUT2D eigenvalue weighted by molar-refractivity contribution is 7.17. The zero-order valence-electron chi connectivity index (χ0n) is 18.1. The zero-order chi connectivity index (χ0) is 23.5. The molecule has 0 saturated carbocycles. The Morgan fingerprint density at radius 2 is 1.70 bits per heavy atom. The van der Waals surface area contributed by atoms with Gasteiger partial charge in [-0.05, 0) is 54.3 Å². The lowest BCUT2D eigenvalue weighted by Crippen LogP contribution is -2.22. The molecule has 1 aromatic heterocycles. The molecule has 33 heavy (non-hydrogen) atoms. The van der Waals surface area contributed by atoms with Crippen LogP contribution in [0.1, 0.15) is 36.9 Å². The minimum Gasteiger partial charge on any atom is -0.478 e. The third-order valence-electron chi connectivity index (χ3n) is 5.33. The number of rotatable bonds is 6. The van der Waals surface area contributed by atoms with Crippen LogP contribution in [0.5, 0.6) is 0 Å². The predicted molar refractivity (Wildman–Crippen MR) is 132 cm³/mol. The molecule has 0 unspecified atom stereocenters. The van der Waals surface area contributed by atoms with Gasteiger partial charge in [0.15, 0.2) is 0 Å². The van der Waals surface area contributed by atoms with Crippen molar-refractivity contribution in [2.24, 2.45) is 0 Å². The van der Waals surface area contributed by atoms with Gasteiger partial charge in [-0.15, -0.1) is 11.3 Å². The molecule has 7 heteroatoms. The predicted octanol–water partition coefficient (Wildman–Crippen LogP) is 6.38. The van der Waals surface area contributed by atoms with Crippen LogP contribution in [0.2, 0.25) is 5.02 Å². The van der Waals surface area contributed by atoms with Gasteiger partial charge in [0.1, 0.15) is 9.88 Å². The molecular formula is C26H21ClN2O3S. The fourth-order valence-corrected chi connectivity index (χ4v) is 4.67. The van der Waals surface area contributed by atoms with Crippen LogP contribution < -0.4 is 5.32 Å². The van der Waals surface area contributed by atoms with Gasteiger partial charge in [-0.25, -0.2) is 9.78 Å². The number of hydrogen-bond acceptors (Lipinski definition) is 4. The summed E-state index contributed by atoms with van der Waals surface area (Å²) in [5, 5.41) is 13.9. The van der Waals surface area contributed by atoms with E-state index in [-0.39, 0.29) is 11.5 Å². The van der Waals surface area contributed by atoms with E-state index in [2.05, 4.69) is 10.3 Å². The zero-order valence-corrected chi connectivity index (χ0v) is 19.6. The van der Waals surface area contributed by atoms with E-state index in [1.807, 2.05) is 49.4 Å². The Labute approximate surface area is 200 Å². The lowest BCUT2D eigenvalue weighted by Gasteiger charge is -2.12. The van der Waals surface area contributed by atoms with Crippen molar-refractivity contribution >= 4 is 34.8 Å². The largest absolute Gasteiger partial charge is 0.478 e. The number of aryl methyl sites for hydroxylation is 2. The van der Waals surface area contributed by atoms with Gasteiger partial charge in [-0.1, -0.05) is 60.1 Å². The van der Waals surface area contributed by atoms with Gasteiger partial charge < -0.3 is 10.4 Å². The Balaban J connectivity index is 1.55. The lowest BCUT2D eigenvalue weighted by atomic mass is 9.96. The maximum absolute atomic E-state index is 12.9. The van der Waals surface area contributed by atoms with Crippen LogP contribution in [0.25, 0.3) is 21.7 Å².